The predicted octanol–water partition coefficient (Wildman–Crippen LogP) is 2.20. The van der Waals surface area contributed by atoms with E-state index in [2.05, 4.69) is 0 Å². The normalized spacial score (nSPS) is 26.9. The Balaban J connectivity index is 1.88. The largest absolute Gasteiger partial charge is 0.479 e. The number of carboxylic acid groups (broad SMARTS) is 1. The van der Waals surface area contributed by atoms with Crippen molar-refractivity contribution < 1.29 is 19.4 Å². The molecule has 1 saturated carbocycles. The zero-order valence-corrected chi connectivity index (χ0v) is 13.4. The van der Waals surface area contributed by atoms with Crippen LogP contribution in [0.25, 0.3) is 0 Å². The molecule has 1 aromatic rings. The first kappa shape index (κ1) is 16.0. The SMILES string of the molecule is C[C@@H]1CN(C(=O)C2(c3ccccc3)CCCC2)CC(C(=O)O)O1. The molecule has 1 saturated heterocycles. The summed E-state index contributed by atoms with van der Waals surface area (Å²) in [5.41, 5.74) is 0.551. The molecule has 3 rings (SSSR count). The minimum absolute atomic E-state index is 0.0580. The van der Waals surface area contributed by atoms with Crippen molar-refractivity contribution in [3.8, 4) is 0 Å². The molecule has 1 N–H and O–H groups in total. The summed E-state index contributed by atoms with van der Waals surface area (Å²) in [6.07, 6.45) is 2.53. The number of benzene rings is 1. The highest BCUT2D eigenvalue weighted by Gasteiger charge is 2.46. The number of nitrogens with zero attached hydrogens (tertiary/aromatic N) is 1. The number of hydrogen-bond donors (Lipinski definition) is 1. The van der Waals surface area contributed by atoms with E-state index < -0.39 is 17.5 Å². The van der Waals surface area contributed by atoms with Gasteiger partial charge in [0.2, 0.25) is 5.91 Å². The first-order valence-corrected chi connectivity index (χ1v) is 8.26. The van der Waals surface area contributed by atoms with Gasteiger partial charge in [0, 0.05) is 6.54 Å². The molecule has 1 heterocycles. The van der Waals surface area contributed by atoms with Crippen molar-refractivity contribution in [2.24, 2.45) is 0 Å². The molecule has 1 aromatic carbocycles. The zero-order valence-electron chi connectivity index (χ0n) is 13.4. The number of carbonyl (C=O) groups excluding carboxylic acids is 1. The van der Waals surface area contributed by atoms with Crippen LogP contribution in [0.3, 0.4) is 0 Å². The van der Waals surface area contributed by atoms with Gasteiger partial charge in [-0.25, -0.2) is 4.79 Å². The van der Waals surface area contributed by atoms with E-state index in [9.17, 15) is 14.7 Å². The summed E-state index contributed by atoms with van der Waals surface area (Å²) in [5.74, 6) is -0.947. The summed E-state index contributed by atoms with van der Waals surface area (Å²) >= 11 is 0. The molecule has 2 atom stereocenters. The molecule has 5 nitrogen and oxygen atoms in total. The topological polar surface area (TPSA) is 66.8 Å². The lowest BCUT2D eigenvalue weighted by Crippen LogP contribution is -2.56. The van der Waals surface area contributed by atoms with Crippen LogP contribution in [0.5, 0.6) is 0 Å². The highest BCUT2D eigenvalue weighted by Crippen LogP contribution is 2.43. The lowest BCUT2D eigenvalue weighted by atomic mass is 9.77. The molecule has 2 fully saturated rings. The Morgan fingerprint density at radius 1 is 1.17 bits per heavy atom. The van der Waals surface area contributed by atoms with Crippen molar-refractivity contribution in [1.82, 2.24) is 4.90 Å². The number of rotatable bonds is 3. The second kappa shape index (κ2) is 6.32. The van der Waals surface area contributed by atoms with Crippen LogP contribution in [0, 0.1) is 0 Å². The number of carboxylic acids is 1. The van der Waals surface area contributed by atoms with E-state index in [-0.39, 0.29) is 18.6 Å². The van der Waals surface area contributed by atoms with Crippen molar-refractivity contribution >= 4 is 11.9 Å². The van der Waals surface area contributed by atoms with Gasteiger partial charge in [-0.05, 0) is 25.3 Å². The Labute approximate surface area is 136 Å². The molecular weight excluding hydrogens is 294 g/mol. The third kappa shape index (κ3) is 2.98. The molecule has 0 bridgehead atoms. The highest BCUT2D eigenvalue weighted by atomic mass is 16.5. The minimum atomic E-state index is -1.01. The highest BCUT2D eigenvalue weighted by molar-refractivity contribution is 5.89. The Morgan fingerprint density at radius 2 is 1.83 bits per heavy atom. The minimum Gasteiger partial charge on any atom is -0.479 e. The number of ether oxygens (including phenoxy) is 1. The van der Waals surface area contributed by atoms with E-state index in [0.717, 1.165) is 31.2 Å². The van der Waals surface area contributed by atoms with Crippen LogP contribution < -0.4 is 0 Å². The van der Waals surface area contributed by atoms with Gasteiger partial charge in [0.1, 0.15) is 0 Å². The maximum atomic E-state index is 13.3. The summed E-state index contributed by atoms with van der Waals surface area (Å²) in [6, 6.07) is 9.91. The summed E-state index contributed by atoms with van der Waals surface area (Å²) in [7, 11) is 0. The molecule has 1 aliphatic heterocycles. The fourth-order valence-corrected chi connectivity index (χ4v) is 3.92. The van der Waals surface area contributed by atoms with Gasteiger partial charge in [-0.1, -0.05) is 43.2 Å². The average Bonchev–Trinajstić information content (AvgIpc) is 3.05. The summed E-state index contributed by atoms with van der Waals surface area (Å²) in [4.78, 5) is 26.3. The third-order valence-electron chi connectivity index (χ3n) is 5.02. The van der Waals surface area contributed by atoms with E-state index >= 15 is 0 Å². The molecule has 1 aliphatic carbocycles. The Bertz CT molecular complexity index is 580. The molecular formula is C18H23NO4. The molecule has 2 aliphatic rings. The van der Waals surface area contributed by atoms with E-state index in [1.807, 2.05) is 37.3 Å². The van der Waals surface area contributed by atoms with Crippen molar-refractivity contribution in [2.75, 3.05) is 13.1 Å². The fraction of sp³-hybridized carbons (Fsp3) is 0.556. The van der Waals surface area contributed by atoms with Gasteiger partial charge in [-0.2, -0.15) is 0 Å². The molecule has 5 heteroatoms. The number of amides is 1. The van der Waals surface area contributed by atoms with Gasteiger partial charge in [-0.3, -0.25) is 4.79 Å². The first-order chi connectivity index (χ1) is 11.0. The summed E-state index contributed by atoms with van der Waals surface area (Å²) < 4.78 is 5.44. The van der Waals surface area contributed by atoms with Crippen LogP contribution >= 0.6 is 0 Å². The van der Waals surface area contributed by atoms with Gasteiger partial charge in [0.15, 0.2) is 6.10 Å². The summed E-state index contributed by atoms with van der Waals surface area (Å²) in [5, 5.41) is 9.24. The molecule has 0 radical (unpaired) electrons. The van der Waals surface area contributed by atoms with Gasteiger partial charge >= 0.3 is 5.97 Å². The Hall–Kier alpha value is -1.88. The van der Waals surface area contributed by atoms with Crippen LogP contribution in [0.2, 0.25) is 0 Å². The quantitative estimate of drug-likeness (QED) is 0.928. The van der Waals surface area contributed by atoms with E-state index in [0.29, 0.717) is 6.54 Å². The van der Waals surface area contributed by atoms with Crippen molar-refractivity contribution in [1.29, 1.82) is 0 Å². The average molecular weight is 317 g/mol. The maximum Gasteiger partial charge on any atom is 0.334 e. The van der Waals surface area contributed by atoms with Crippen LogP contribution in [0.4, 0.5) is 0 Å². The standard InChI is InChI=1S/C18H23NO4/c1-13-11-19(12-15(23-13)16(20)21)17(22)18(9-5-6-10-18)14-7-3-2-4-8-14/h2-4,7-8,13,15H,5-6,9-12H2,1H3,(H,20,21)/t13-,15?/m1/s1. The van der Waals surface area contributed by atoms with Gasteiger partial charge < -0.3 is 14.7 Å². The van der Waals surface area contributed by atoms with Gasteiger partial charge in [0.25, 0.3) is 0 Å². The fourth-order valence-electron chi connectivity index (χ4n) is 3.92. The molecule has 0 spiro atoms. The van der Waals surface area contributed by atoms with Crippen molar-refractivity contribution in [3.05, 3.63) is 35.9 Å². The number of aliphatic carboxylic acids is 1. The van der Waals surface area contributed by atoms with Crippen molar-refractivity contribution in [2.45, 2.75) is 50.2 Å². The molecule has 1 unspecified atom stereocenters. The van der Waals surface area contributed by atoms with Gasteiger partial charge in [0.05, 0.1) is 18.1 Å². The zero-order chi connectivity index (χ0) is 16.4. The van der Waals surface area contributed by atoms with Crippen molar-refractivity contribution in [3.63, 3.8) is 0 Å². The number of hydrogen-bond acceptors (Lipinski definition) is 3. The lowest BCUT2D eigenvalue weighted by Gasteiger charge is -2.40. The lowest BCUT2D eigenvalue weighted by molar-refractivity contribution is -0.168. The van der Waals surface area contributed by atoms with Crippen LogP contribution in [-0.2, 0) is 19.7 Å². The maximum absolute atomic E-state index is 13.3. The van der Waals surface area contributed by atoms with Crippen LogP contribution in [0.1, 0.15) is 38.2 Å². The second-order valence-corrected chi connectivity index (χ2v) is 6.64. The van der Waals surface area contributed by atoms with Gasteiger partial charge in [-0.15, -0.1) is 0 Å². The Kier molecular flexibility index (Phi) is 4.39. The molecule has 124 valence electrons. The van der Waals surface area contributed by atoms with Crippen LogP contribution in [-0.4, -0.2) is 47.2 Å². The molecule has 23 heavy (non-hydrogen) atoms. The van der Waals surface area contributed by atoms with E-state index in [1.54, 1.807) is 4.90 Å². The smallest absolute Gasteiger partial charge is 0.334 e. The first-order valence-electron chi connectivity index (χ1n) is 8.26. The molecule has 0 aromatic heterocycles. The molecule has 1 amide bonds. The summed E-state index contributed by atoms with van der Waals surface area (Å²) in [6.45, 7) is 2.41. The second-order valence-electron chi connectivity index (χ2n) is 6.64. The van der Waals surface area contributed by atoms with Crippen LogP contribution in [0.15, 0.2) is 30.3 Å². The van der Waals surface area contributed by atoms with E-state index in [1.165, 1.54) is 0 Å². The monoisotopic (exact) mass is 317 g/mol. The number of carbonyl (C=O) groups is 2. The Morgan fingerprint density at radius 3 is 2.43 bits per heavy atom. The van der Waals surface area contributed by atoms with E-state index in [4.69, 9.17) is 4.74 Å². The third-order valence-corrected chi connectivity index (χ3v) is 5.02. The number of morpholine rings is 1. The predicted molar refractivity (Wildman–Crippen MR) is 85.1 cm³/mol.